The van der Waals surface area contributed by atoms with Crippen molar-refractivity contribution in [3.63, 3.8) is 0 Å². The smallest absolute Gasteiger partial charge is 0.282 e. The first-order valence-electron chi connectivity index (χ1n) is 8.63. The molecule has 0 saturated carbocycles. The Balaban J connectivity index is 1.67. The van der Waals surface area contributed by atoms with Crippen LogP contribution in [0.3, 0.4) is 0 Å². The maximum Gasteiger partial charge on any atom is 0.282 e. The quantitative estimate of drug-likeness (QED) is 0.537. The third-order valence-electron chi connectivity index (χ3n) is 4.29. The molecule has 2 aromatic rings. The Morgan fingerprint density at radius 3 is 2.54 bits per heavy atom. The second-order valence-electron chi connectivity index (χ2n) is 6.24. The van der Waals surface area contributed by atoms with Gasteiger partial charge in [-0.3, -0.25) is 14.9 Å². The van der Waals surface area contributed by atoms with E-state index in [4.69, 9.17) is 4.74 Å². The van der Waals surface area contributed by atoms with Crippen LogP contribution in [0.4, 0.5) is 11.4 Å². The molecule has 1 fully saturated rings. The molecule has 0 bridgehead atoms. The van der Waals surface area contributed by atoms with Crippen LogP contribution < -0.4 is 10.0 Å². The van der Waals surface area contributed by atoms with E-state index in [9.17, 15) is 23.3 Å². The topological polar surface area (TPSA) is 128 Å². The van der Waals surface area contributed by atoms with Gasteiger partial charge < -0.3 is 10.1 Å². The highest BCUT2D eigenvalue weighted by Gasteiger charge is 2.21. The summed E-state index contributed by atoms with van der Waals surface area (Å²) in [7, 11) is -3.70. The first-order valence-corrected chi connectivity index (χ1v) is 10.1. The Labute approximate surface area is 161 Å². The normalized spacial score (nSPS) is 16.6. The van der Waals surface area contributed by atoms with Crippen LogP contribution in [-0.2, 0) is 14.8 Å². The fraction of sp³-hybridized carbons (Fsp3) is 0.278. The Morgan fingerprint density at radius 1 is 1.18 bits per heavy atom. The summed E-state index contributed by atoms with van der Waals surface area (Å²) in [5.74, 6) is -0.653. The maximum absolute atomic E-state index is 12.3. The summed E-state index contributed by atoms with van der Waals surface area (Å²) >= 11 is 0. The first-order chi connectivity index (χ1) is 13.4. The lowest BCUT2D eigenvalue weighted by atomic mass is 10.1. The Bertz CT molecular complexity index is 969. The lowest BCUT2D eigenvalue weighted by molar-refractivity contribution is -0.385. The summed E-state index contributed by atoms with van der Waals surface area (Å²) in [4.78, 5) is 22.8. The van der Waals surface area contributed by atoms with Gasteiger partial charge in [0.1, 0.15) is 5.56 Å². The van der Waals surface area contributed by atoms with Crippen molar-refractivity contribution in [1.29, 1.82) is 0 Å². The molecule has 0 aromatic heterocycles. The summed E-state index contributed by atoms with van der Waals surface area (Å²) in [6, 6.07) is 11.1. The molecule has 10 heteroatoms. The van der Waals surface area contributed by atoms with Crippen molar-refractivity contribution in [1.82, 2.24) is 4.72 Å². The lowest BCUT2D eigenvalue weighted by Crippen LogP contribution is -2.31. The number of benzene rings is 2. The number of nitro benzene ring substituents is 1. The number of ether oxygens (including phenoxy) is 1. The number of carbonyl (C=O) groups excluding carboxylic acids is 1. The van der Waals surface area contributed by atoms with E-state index in [1.807, 2.05) is 0 Å². The van der Waals surface area contributed by atoms with Gasteiger partial charge in [-0.2, -0.15) is 0 Å². The molecule has 2 N–H and O–H groups in total. The molecule has 3 rings (SSSR count). The minimum atomic E-state index is -3.70. The summed E-state index contributed by atoms with van der Waals surface area (Å²) in [5.41, 5.74) is -0.0683. The standard InChI is InChI=1S/C18H19N3O6S/c22-18(16-5-1-2-6-17(16)21(23)24)20-13-7-9-15(10-8-13)28(25,26)19-12-14-4-3-11-27-14/h1-2,5-10,14,19H,3-4,11-12H2,(H,20,22). The van der Waals surface area contributed by atoms with E-state index in [1.165, 1.54) is 48.5 Å². The highest BCUT2D eigenvalue weighted by atomic mass is 32.2. The molecule has 28 heavy (non-hydrogen) atoms. The van der Waals surface area contributed by atoms with Gasteiger partial charge in [-0.15, -0.1) is 0 Å². The second-order valence-corrected chi connectivity index (χ2v) is 8.01. The highest BCUT2D eigenvalue weighted by Crippen LogP contribution is 2.20. The van der Waals surface area contributed by atoms with E-state index in [0.717, 1.165) is 12.8 Å². The Morgan fingerprint density at radius 2 is 1.89 bits per heavy atom. The zero-order chi connectivity index (χ0) is 20.1. The van der Waals surface area contributed by atoms with Crippen LogP contribution in [0.1, 0.15) is 23.2 Å². The number of nitro groups is 1. The van der Waals surface area contributed by atoms with Gasteiger partial charge in [-0.05, 0) is 43.2 Å². The summed E-state index contributed by atoms with van der Waals surface area (Å²) in [6.07, 6.45) is 1.62. The molecule has 1 amide bonds. The van der Waals surface area contributed by atoms with E-state index in [2.05, 4.69) is 10.0 Å². The maximum atomic E-state index is 12.3. The fourth-order valence-corrected chi connectivity index (χ4v) is 3.90. The summed E-state index contributed by atoms with van der Waals surface area (Å²) in [5, 5.41) is 13.6. The van der Waals surface area contributed by atoms with Gasteiger partial charge in [-0.25, -0.2) is 13.1 Å². The predicted octanol–water partition coefficient (Wildman–Crippen LogP) is 2.30. The van der Waals surface area contributed by atoms with Gasteiger partial charge in [-0.1, -0.05) is 12.1 Å². The van der Waals surface area contributed by atoms with E-state index in [1.54, 1.807) is 0 Å². The van der Waals surface area contributed by atoms with Gasteiger partial charge >= 0.3 is 0 Å². The molecule has 148 valence electrons. The van der Waals surface area contributed by atoms with E-state index in [0.29, 0.717) is 12.3 Å². The van der Waals surface area contributed by atoms with E-state index < -0.39 is 20.9 Å². The van der Waals surface area contributed by atoms with Crippen LogP contribution in [0, 0.1) is 10.1 Å². The zero-order valence-corrected chi connectivity index (χ0v) is 15.6. The first kappa shape index (κ1) is 19.9. The number of sulfonamides is 1. The molecule has 1 saturated heterocycles. The average Bonchev–Trinajstić information content (AvgIpc) is 3.20. The SMILES string of the molecule is O=C(Nc1ccc(S(=O)(=O)NCC2CCCO2)cc1)c1ccccc1[N+](=O)[O-]. The number of carbonyl (C=O) groups is 1. The molecule has 0 radical (unpaired) electrons. The van der Waals surface area contributed by atoms with Gasteiger partial charge in [0.05, 0.1) is 15.9 Å². The van der Waals surface area contributed by atoms with Crippen LogP contribution in [0.2, 0.25) is 0 Å². The summed E-state index contributed by atoms with van der Waals surface area (Å²) < 4.78 is 32.6. The van der Waals surface area contributed by atoms with Gasteiger partial charge in [0.25, 0.3) is 11.6 Å². The van der Waals surface area contributed by atoms with Crippen molar-refractivity contribution in [2.45, 2.75) is 23.8 Å². The van der Waals surface area contributed by atoms with Crippen molar-refractivity contribution in [2.75, 3.05) is 18.5 Å². The number of amides is 1. The highest BCUT2D eigenvalue weighted by molar-refractivity contribution is 7.89. The molecular formula is C18H19N3O6S. The molecule has 9 nitrogen and oxygen atoms in total. The number of hydrogen-bond acceptors (Lipinski definition) is 6. The minimum Gasteiger partial charge on any atom is -0.377 e. The van der Waals surface area contributed by atoms with Gasteiger partial charge in [0, 0.05) is 24.9 Å². The minimum absolute atomic E-state index is 0.0502. The van der Waals surface area contributed by atoms with Gasteiger partial charge in [0.15, 0.2) is 0 Å². The number of nitrogens with one attached hydrogen (secondary N) is 2. The van der Waals surface area contributed by atoms with Crippen LogP contribution in [0.25, 0.3) is 0 Å². The van der Waals surface area contributed by atoms with E-state index >= 15 is 0 Å². The van der Waals surface area contributed by atoms with Crippen LogP contribution in [0.15, 0.2) is 53.4 Å². The number of anilines is 1. The molecule has 1 heterocycles. The van der Waals surface area contributed by atoms with Crippen molar-refractivity contribution >= 4 is 27.3 Å². The van der Waals surface area contributed by atoms with Gasteiger partial charge in [0.2, 0.25) is 10.0 Å². The number of nitrogens with zero attached hydrogens (tertiary/aromatic N) is 1. The third kappa shape index (κ3) is 4.71. The Hall–Kier alpha value is -2.82. The van der Waals surface area contributed by atoms with Crippen molar-refractivity contribution in [2.24, 2.45) is 0 Å². The molecular weight excluding hydrogens is 386 g/mol. The fourth-order valence-electron chi connectivity index (χ4n) is 2.83. The molecule has 1 unspecified atom stereocenters. The molecule has 1 aliphatic heterocycles. The van der Waals surface area contributed by atoms with Crippen LogP contribution in [-0.4, -0.2) is 38.5 Å². The number of para-hydroxylation sites is 1. The third-order valence-corrected chi connectivity index (χ3v) is 5.73. The van der Waals surface area contributed by atoms with E-state index in [-0.39, 0.29) is 28.8 Å². The monoisotopic (exact) mass is 405 g/mol. The molecule has 0 spiro atoms. The number of hydrogen-bond donors (Lipinski definition) is 2. The van der Waals surface area contributed by atoms with Crippen molar-refractivity contribution < 1.29 is 22.9 Å². The molecule has 1 atom stereocenters. The second kappa shape index (κ2) is 8.46. The average molecular weight is 405 g/mol. The largest absolute Gasteiger partial charge is 0.377 e. The van der Waals surface area contributed by atoms with Crippen LogP contribution >= 0.6 is 0 Å². The Kier molecular flexibility index (Phi) is 6.02. The number of rotatable bonds is 7. The lowest BCUT2D eigenvalue weighted by Gasteiger charge is -2.12. The van der Waals surface area contributed by atoms with Crippen LogP contribution in [0.5, 0.6) is 0 Å². The van der Waals surface area contributed by atoms with Crippen molar-refractivity contribution in [3.05, 3.63) is 64.2 Å². The predicted molar refractivity (Wildman–Crippen MR) is 102 cm³/mol. The van der Waals surface area contributed by atoms with Crippen molar-refractivity contribution in [3.8, 4) is 0 Å². The zero-order valence-electron chi connectivity index (χ0n) is 14.8. The molecule has 1 aliphatic rings. The molecule has 0 aliphatic carbocycles. The summed E-state index contributed by atoms with van der Waals surface area (Å²) in [6.45, 7) is 0.846. The molecule has 2 aromatic carbocycles.